The molecule has 3 rings (SSSR count). The summed E-state index contributed by atoms with van der Waals surface area (Å²) in [6.07, 6.45) is 9.75. The van der Waals surface area contributed by atoms with E-state index in [-0.39, 0.29) is 49.5 Å². The molecule has 0 bridgehead atoms. The first-order valence-electron chi connectivity index (χ1n) is 16.8. The maximum absolute atomic E-state index is 13.6. The average Bonchev–Trinajstić information content (AvgIpc) is 3.78. The van der Waals surface area contributed by atoms with E-state index in [0.717, 1.165) is 31.6 Å². The monoisotopic (exact) mass is 634 g/mol. The van der Waals surface area contributed by atoms with E-state index in [1.807, 2.05) is 0 Å². The highest BCUT2D eigenvalue weighted by atomic mass is 16.2. The minimum absolute atomic E-state index is 0.0743. The van der Waals surface area contributed by atoms with Crippen LogP contribution in [0.2, 0.25) is 0 Å². The van der Waals surface area contributed by atoms with Crippen molar-refractivity contribution in [2.24, 2.45) is 23.5 Å². The number of hydrogen-bond donors (Lipinski definition) is 8. The fraction of sp³-hybridized carbons (Fsp3) is 0.812. The van der Waals surface area contributed by atoms with Crippen molar-refractivity contribution >= 4 is 35.5 Å². The van der Waals surface area contributed by atoms with E-state index in [0.29, 0.717) is 25.3 Å². The summed E-state index contributed by atoms with van der Waals surface area (Å²) in [6.45, 7) is 9.42. The fourth-order valence-corrected chi connectivity index (χ4v) is 5.38. The molecule has 2 aliphatic carbocycles. The summed E-state index contributed by atoms with van der Waals surface area (Å²) in [5.74, 6) is -1.47. The molecule has 256 valence electrons. The highest BCUT2D eigenvalue weighted by Gasteiger charge is 2.39. The standard InChI is InChI=1S/C28H50N8O5.C4H8/c1-5-19-24(39)34-21(16-18-10-7-6-8-11-18)23(38)31-15-13-28(4,36-22(37)17(2)3)26(41)35-20(25(40)33-19)12-9-14-32-27(29)30;1-4-2-3-4/h17-21H,5-16H2,1-4H3,(H,31,38)(H,33,40)(H,34,39)(H,35,41)(H,36,37)(H4,29,30,32);4H,2-3H2,1H3/t19-,20-,21+,28+;/m0./s1. The van der Waals surface area contributed by atoms with Crippen LogP contribution in [0.4, 0.5) is 0 Å². The van der Waals surface area contributed by atoms with Gasteiger partial charge in [-0.05, 0) is 50.9 Å². The van der Waals surface area contributed by atoms with Crippen LogP contribution in [-0.4, -0.2) is 72.2 Å². The molecule has 5 amide bonds. The summed E-state index contributed by atoms with van der Waals surface area (Å²) in [5.41, 5.74) is 3.94. The summed E-state index contributed by atoms with van der Waals surface area (Å²) in [4.78, 5) is 66.3. The lowest BCUT2D eigenvalue weighted by Crippen LogP contribution is -2.63. The number of guanidine groups is 1. The van der Waals surface area contributed by atoms with Gasteiger partial charge in [0.2, 0.25) is 29.5 Å². The van der Waals surface area contributed by atoms with E-state index in [9.17, 15) is 24.0 Å². The summed E-state index contributed by atoms with van der Waals surface area (Å²) in [6, 6.07) is -2.70. The third-order valence-electron chi connectivity index (χ3n) is 8.79. The number of carbonyl (C=O) groups is 5. The van der Waals surface area contributed by atoms with Crippen molar-refractivity contribution in [2.45, 2.75) is 135 Å². The topological polar surface area (TPSA) is 207 Å². The fourth-order valence-electron chi connectivity index (χ4n) is 5.38. The Bertz CT molecular complexity index is 1030. The van der Waals surface area contributed by atoms with Gasteiger partial charge in [-0.1, -0.05) is 72.6 Å². The lowest BCUT2D eigenvalue weighted by molar-refractivity contribution is -0.138. The molecule has 1 aliphatic heterocycles. The molecule has 13 nitrogen and oxygen atoms in total. The van der Waals surface area contributed by atoms with E-state index in [1.54, 1.807) is 27.7 Å². The summed E-state index contributed by atoms with van der Waals surface area (Å²) in [5, 5.41) is 24.0. The van der Waals surface area contributed by atoms with Crippen LogP contribution in [0.3, 0.4) is 0 Å². The molecule has 0 radical (unpaired) electrons. The maximum atomic E-state index is 13.6. The number of carbonyl (C=O) groups excluding carboxylic acids is 5. The Balaban J connectivity index is 0.00000162. The Hall–Kier alpha value is -3.38. The molecule has 0 spiro atoms. The van der Waals surface area contributed by atoms with Gasteiger partial charge in [0, 0.05) is 19.0 Å². The second kappa shape index (κ2) is 18.6. The van der Waals surface area contributed by atoms with Gasteiger partial charge in [-0.25, -0.2) is 0 Å². The normalized spacial score (nSPS) is 27.0. The van der Waals surface area contributed by atoms with Crippen molar-refractivity contribution in [3.63, 3.8) is 0 Å². The summed E-state index contributed by atoms with van der Waals surface area (Å²) in [7, 11) is 0. The van der Waals surface area contributed by atoms with Crippen LogP contribution >= 0.6 is 0 Å². The van der Waals surface area contributed by atoms with Gasteiger partial charge in [0.1, 0.15) is 23.7 Å². The molecule has 4 atom stereocenters. The van der Waals surface area contributed by atoms with Crippen molar-refractivity contribution in [1.82, 2.24) is 31.9 Å². The second-order valence-electron chi connectivity index (χ2n) is 13.5. The first-order valence-corrected chi connectivity index (χ1v) is 16.8. The number of nitrogens with one attached hydrogen (secondary N) is 7. The van der Waals surface area contributed by atoms with Crippen LogP contribution < -0.4 is 37.6 Å². The van der Waals surface area contributed by atoms with Gasteiger partial charge in [0.25, 0.3) is 0 Å². The van der Waals surface area contributed by atoms with Crippen molar-refractivity contribution < 1.29 is 24.0 Å². The van der Waals surface area contributed by atoms with Gasteiger partial charge < -0.3 is 37.6 Å². The summed E-state index contributed by atoms with van der Waals surface area (Å²) < 4.78 is 0. The Kier molecular flexibility index (Phi) is 15.6. The largest absolute Gasteiger partial charge is 0.370 e. The molecule has 3 fully saturated rings. The zero-order valence-electron chi connectivity index (χ0n) is 28.0. The zero-order chi connectivity index (χ0) is 33.6. The van der Waals surface area contributed by atoms with E-state index in [2.05, 4.69) is 38.8 Å². The first kappa shape index (κ1) is 37.8. The Morgan fingerprint density at radius 1 is 0.956 bits per heavy atom. The molecule has 1 saturated heterocycles. The first-order chi connectivity index (χ1) is 21.2. The molecule has 0 aromatic heterocycles. The van der Waals surface area contributed by atoms with Crippen molar-refractivity contribution in [2.75, 3.05) is 13.1 Å². The quantitative estimate of drug-likeness (QED) is 0.107. The lowest BCUT2D eigenvalue weighted by atomic mass is 9.84. The number of amides is 5. The predicted octanol–water partition coefficient (Wildman–Crippen LogP) is 1.55. The molecule has 9 N–H and O–H groups in total. The SMILES string of the molecule is CC1CC1.CC[C@@H]1NC(=O)[C@H](CCCNC(=N)N)NC(=O)[C@](C)(NC(=O)C(C)C)CCNC(=O)[C@@H](CC2CCCCC2)NC1=O. The third-order valence-corrected chi connectivity index (χ3v) is 8.79. The maximum Gasteiger partial charge on any atom is 0.246 e. The highest BCUT2D eigenvalue weighted by molar-refractivity contribution is 5.97. The molecular weight excluding hydrogens is 576 g/mol. The average molecular weight is 635 g/mol. The molecule has 0 aromatic carbocycles. The van der Waals surface area contributed by atoms with Crippen LogP contribution in [-0.2, 0) is 24.0 Å². The van der Waals surface area contributed by atoms with E-state index in [4.69, 9.17) is 11.1 Å². The number of hydrogen-bond acceptors (Lipinski definition) is 6. The smallest absolute Gasteiger partial charge is 0.246 e. The zero-order valence-corrected chi connectivity index (χ0v) is 28.0. The minimum Gasteiger partial charge on any atom is -0.370 e. The van der Waals surface area contributed by atoms with Crippen LogP contribution in [0.15, 0.2) is 0 Å². The van der Waals surface area contributed by atoms with Gasteiger partial charge in [-0.3, -0.25) is 29.4 Å². The van der Waals surface area contributed by atoms with Crippen molar-refractivity contribution in [1.29, 1.82) is 5.41 Å². The van der Waals surface area contributed by atoms with Crippen LogP contribution in [0, 0.1) is 23.2 Å². The summed E-state index contributed by atoms with van der Waals surface area (Å²) >= 11 is 0. The van der Waals surface area contributed by atoms with Gasteiger partial charge >= 0.3 is 0 Å². The number of nitrogens with two attached hydrogens (primary N) is 1. The predicted molar refractivity (Wildman–Crippen MR) is 174 cm³/mol. The van der Waals surface area contributed by atoms with Gasteiger partial charge in [-0.2, -0.15) is 0 Å². The molecule has 0 aromatic rings. The molecule has 13 heteroatoms. The second-order valence-corrected chi connectivity index (χ2v) is 13.5. The molecular formula is C32H58N8O5. The van der Waals surface area contributed by atoms with Crippen LogP contribution in [0.25, 0.3) is 0 Å². The molecule has 2 saturated carbocycles. The third kappa shape index (κ3) is 13.7. The number of rotatable bonds is 9. The van der Waals surface area contributed by atoms with Crippen molar-refractivity contribution in [3.8, 4) is 0 Å². The Morgan fingerprint density at radius 2 is 1.56 bits per heavy atom. The van der Waals surface area contributed by atoms with Gasteiger partial charge in [0.15, 0.2) is 5.96 Å². The minimum atomic E-state index is -1.42. The Labute approximate surface area is 268 Å². The highest BCUT2D eigenvalue weighted by Crippen LogP contribution is 2.28. The Morgan fingerprint density at radius 3 is 2.11 bits per heavy atom. The van der Waals surface area contributed by atoms with Crippen LogP contribution in [0.1, 0.15) is 112 Å². The van der Waals surface area contributed by atoms with Crippen LogP contribution in [0.5, 0.6) is 0 Å². The van der Waals surface area contributed by atoms with E-state index < -0.39 is 41.4 Å². The molecule has 0 unspecified atom stereocenters. The van der Waals surface area contributed by atoms with E-state index in [1.165, 1.54) is 19.3 Å². The van der Waals surface area contributed by atoms with Crippen molar-refractivity contribution in [3.05, 3.63) is 0 Å². The van der Waals surface area contributed by atoms with Gasteiger partial charge in [0.05, 0.1) is 0 Å². The van der Waals surface area contributed by atoms with Gasteiger partial charge in [-0.15, -0.1) is 0 Å². The lowest BCUT2D eigenvalue weighted by Gasteiger charge is -2.34. The molecule has 1 heterocycles. The molecule has 45 heavy (non-hydrogen) atoms. The molecule has 3 aliphatic rings. The van der Waals surface area contributed by atoms with E-state index >= 15 is 0 Å².